The summed E-state index contributed by atoms with van der Waals surface area (Å²) in [5.74, 6) is 1.00. The highest BCUT2D eigenvalue weighted by atomic mass is 16.2. The third-order valence-corrected chi connectivity index (χ3v) is 4.97. The lowest BCUT2D eigenvalue weighted by molar-refractivity contribution is -0.124. The molecule has 6 nitrogen and oxygen atoms in total. The molecule has 0 saturated carbocycles. The number of carbonyl (C=O) groups is 2. The predicted octanol–water partition coefficient (Wildman–Crippen LogP) is 1.60. The Morgan fingerprint density at radius 3 is 3.00 bits per heavy atom. The van der Waals surface area contributed by atoms with E-state index in [0.717, 1.165) is 48.6 Å². The quantitative estimate of drug-likeness (QED) is 0.924. The van der Waals surface area contributed by atoms with Crippen molar-refractivity contribution in [2.45, 2.75) is 45.2 Å². The zero-order valence-corrected chi connectivity index (χ0v) is 14.4. The van der Waals surface area contributed by atoms with Crippen molar-refractivity contribution in [3.05, 3.63) is 47.5 Å². The van der Waals surface area contributed by atoms with Crippen molar-refractivity contribution in [2.75, 3.05) is 11.4 Å². The Morgan fingerprint density at radius 2 is 2.12 bits per heavy atom. The molecule has 2 amide bonds. The van der Waals surface area contributed by atoms with E-state index in [2.05, 4.69) is 14.9 Å². The molecule has 1 aromatic carbocycles. The highest BCUT2D eigenvalue weighted by Gasteiger charge is 2.27. The van der Waals surface area contributed by atoms with Gasteiger partial charge in [-0.3, -0.25) is 9.59 Å². The summed E-state index contributed by atoms with van der Waals surface area (Å²) >= 11 is 0. The number of aryl methyl sites for hydroxylation is 3. The van der Waals surface area contributed by atoms with Crippen LogP contribution in [-0.2, 0) is 29.0 Å². The van der Waals surface area contributed by atoms with Gasteiger partial charge in [0.1, 0.15) is 12.4 Å². The number of rotatable bonds is 3. The van der Waals surface area contributed by atoms with Crippen LogP contribution in [0.1, 0.15) is 29.9 Å². The zero-order chi connectivity index (χ0) is 17.4. The van der Waals surface area contributed by atoms with E-state index in [0.29, 0.717) is 6.42 Å². The van der Waals surface area contributed by atoms with E-state index in [9.17, 15) is 9.59 Å². The molecule has 1 atom stereocenters. The van der Waals surface area contributed by atoms with Crippen LogP contribution in [0.3, 0.4) is 0 Å². The second-order valence-corrected chi connectivity index (χ2v) is 6.86. The van der Waals surface area contributed by atoms with Gasteiger partial charge in [-0.1, -0.05) is 18.2 Å². The molecule has 1 N–H and O–H groups in total. The molecule has 0 unspecified atom stereocenters. The summed E-state index contributed by atoms with van der Waals surface area (Å²) in [6.07, 6.45) is 4.99. The van der Waals surface area contributed by atoms with Gasteiger partial charge in [-0.05, 0) is 31.4 Å². The Kier molecular flexibility index (Phi) is 4.03. The van der Waals surface area contributed by atoms with E-state index >= 15 is 0 Å². The van der Waals surface area contributed by atoms with Gasteiger partial charge in [0.15, 0.2) is 0 Å². The number of nitrogens with zero attached hydrogens (tertiary/aromatic N) is 3. The number of imidazole rings is 1. The molecule has 2 aliphatic heterocycles. The van der Waals surface area contributed by atoms with E-state index in [1.807, 2.05) is 37.4 Å². The Hall–Kier alpha value is -2.63. The van der Waals surface area contributed by atoms with Gasteiger partial charge in [0.05, 0.1) is 5.69 Å². The summed E-state index contributed by atoms with van der Waals surface area (Å²) in [5, 5.41) is 3.09. The first kappa shape index (κ1) is 15.9. The smallest absolute Gasteiger partial charge is 0.240 e. The van der Waals surface area contributed by atoms with Crippen molar-refractivity contribution in [3.8, 4) is 0 Å². The molecule has 0 spiro atoms. The Balaban J connectivity index is 1.42. The van der Waals surface area contributed by atoms with Gasteiger partial charge in [0.2, 0.25) is 11.8 Å². The Labute approximate surface area is 146 Å². The van der Waals surface area contributed by atoms with Gasteiger partial charge in [-0.25, -0.2) is 4.98 Å². The van der Waals surface area contributed by atoms with Crippen LogP contribution >= 0.6 is 0 Å². The number of hydrogen-bond acceptors (Lipinski definition) is 3. The van der Waals surface area contributed by atoms with Crippen LogP contribution in [0.25, 0.3) is 0 Å². The van der Waals surface area contributed by atoms with Gasteiger partial charge in [0, 0.05) is 37.3 Å². The van der Waals surface area contributed by atoms with Crippen LogP contribution in [0.2, 0.25) is 0 Å². The van der Waals surface area contributed by atoms with Gasteiger partial charge >= 0.3 is 0 Å². The third-order valence-electron chi connectivity index (χ3n) is 4.97. The van der Waals surface area contributed by atoms with Crippen LogP contribution < -0.4 is 10.2 Å². The minimum atomic E-state index is -0.102. The maximum absolute atomic E-state index is 12.5. The fourth-order valence-corrected chi connectivity index (χ4v) is 3.79. The third kappa shape index (κ3) is 3.16. The molecule has 3 heterocycles. The highest BCUT2D eigenvalue weighted by Crippen LogP contribution is 2.27. The number of para-hydroxylation sites is 1. The SMILES string of the molecule is Cc1cn2c(n1)CC[C@@H](NC(=O)CN1C(=O)CCc3ccccc31)C2. The summed E-state index contributed by atoms with van der Waals surface area (Å²) in [7, 11) is 0. The minimum absolute atomic E-state index is 0.0185. The van der Waals surface area contributed by atoms with Gasteiger partial charge in [0.25, 0.3) is 0 Å². The normalized spacial score (nSPS) is 19.3. The summed E-state index contributed by atoms with van der Waals surface area (Å²) in [4.78, 5) is 30.9. The average Bonchev–Trinajstić information content (AvgIpc) is 2.97. The molecule has 0 saturated heterocycles. The largest absolute Gasteiger partial charge is 0.350 e. The standard InChI is InChI=1S/C19H22N4O2/c1-13-10-22-11-15(7-8-17(22)20-13)21-18(24)12-23-16-5-3-2-4-14(16)6-9-19(23)25/h2-5,10,15H,6-9,11-12H2,1H3,(H,21,24)/t15-/m1/s1. The number of aromatic nitrogens is 2. The van der Waals surface area contributed by atoms with E-state index < -0.39 is 0 Å². The van der Waals surface area contributed by atoms with E-state index in [1.54, 1.807) is 4.90 Å². The van der Waals surface area contributed by atoms with Gasteiger partial charge in [-0.2, -0.15) is 0 Å². The molecule has 0 bridgehead atoms. The maximum atomic E-state index is 12.5. The molecule has 2 aliphatic rings. The number of nitrogens with one attached hydrogen (secondary N) is 1. The van der Waals surface area contributed by atoms with Crippen LogP contribution in [0.15, 0.2) is 30.5 Å². The lowest BCUT2D eigenvalue weighted by Gasteiger charge is -2.30. The van der Waals surface area contributed by atoms with Crippen molar-refractivity contribution in [1.29, 1.82) is 0 Å². The van der Waals surface area contributed by atoms with Crippen molar-refractivity contribution < 1.29 is 9.59 Å². The molecule has 0 aliphatic carbocycles. The number of fused-ring (bicyclic) bond motifs is 2. The topological polar surface area (TPSA) is 67.2 Å². The molecule has 6 heteroatoms. The minimum Gasteiger partial charge on any atom is -0.350 e. The molecule has 0 fully saturated rings. The first-order valence-electron chi connectivity index (χ1n) is 8.80. The summed E-state index contributed by atoms with van der Waals surface area (Å²) < 4.78 is 2.12. The molecule has 25 heavy (non-hydrogen) atoms. The summed E-state index contributed by atoms with van der Waals surface area (Å²) in [5.41, 5.74) is 3.01. The van der Waals surface area contributed by atoms with Gasteiger partial charge in [-0.15, -0.1) is 0 Å². The van der Waals surface area contributed by atoms with Crippen LogP contribution in [0.4, 0.5) is 5.69 Å². The average molecular weight is 338 g/mol. The monoisotopic (exact) mass is 338 g/mol. The molecule has 2 aromatic rings. The maximum Gasteiger partial charge on any atom is 0.240 e. The number of hydrogen-bond donors (Lipinski definition) is 1. The fourth-order valence-electron chi connectivity index (χ4n) is 3.79. The van der Waals surface area contributed by atoms with Crippen molar-refractivity contribution >= 4 is 17.5 Å². The molecule has 4 rings (SSSR count). The van der Waals surface area contributed by atoms with Crippen molar-refractivity contribution in [3.63, 3.8) is 0 Å². The fraction of sp³-hybridized carbons (Fsp3) is 0.421. The van der Waals surface area contributed by atoms with Crippen LogP contribution in [0, 0.1) is 6.92 Å². The van der Waals surface area contributed by atoms with E-state index in [-0.39, 0.29) is 24.4 Å². The summed E-state index contributed by atoms with van der Waals surface area (Å²) in [6, 6.07) is 7.91. The molecular formula is C19H22N4O2. The highest BCUT2D eigenvalue weighted by molar-refractivity contribution is 6.01. The molecule has 1 aromatic heterocycles. The number of anilines is 1. The Morgan fingerprint density at radius 1 is 1.28 bits per heavy atom. The van der Waals surface area contributed by atoms with E-state index in [4.69, 9.17) is 0 Å². The van der Waals surface area contributed by atoms with Crippen molar-refractivity contribution in [2.24, 2.45) is 0 Å². The number of carbonyl (C=O) groups excluding carboxylic acids is 2. The number of benzene rings is 1. The second-order valence-electron chi connectivity index (χ2n) is 6.86. The molecular weight excluding hydrogens is 316 g/mol. The second kappa shape index (κ2) is 6.35. The first-order valence-corrected chi connectivity index (χ1v) is 8.80. The van der Waals surface area contributed by atoms with Crippen LogP contribution in [-0.4, -0.2) is 34.0 Å². The lowest BCUT2D eigenvalue weighted by atomic mass is 10.0. The summed E-state index contributed by atoms with van der Waals surface area (Å²) in [6.45, 7) is 2.81. The zero-order valence-electron chi connectivity index (χ0n) is 14.4. The number of amides is 2. The first-order chi connectivity index (χ1) is 12.1. The van der Waals surface area contributed by atoms with Gasteiger partial charge < -0.3 is 14.8 Å². The van der Waals surface area contributed by atoms with Crippen LogP contribution in [0.5, 0.6) is 0 Å². The predicted molar refractivity (Wildman–Crippen MR) is 94.3 cm³/mol. The van der Waals surface area contributed by atoms with Crippen molar-refractivity contribution in [1.82, 2.24) is 14.9 Å². The Bertz CT molecular complexity index is 827. The molecule has 130 valence electrons. The lowest BCUT2D eigenvalue weighted by Crippen LogP contribution is -2.47. The molecule has 0 radical (unpaired) electrons. The van der Waals surface area contributed by atoms with E-state index in [1.165, 1.54) is 0 Å².